The first-order valence-electron chi connectivity index (χ1n) is 4.76. The smallest absolute Gasteiger partial charge is 0.0719 e. The van der Waals surface area contributed by atoms with Crippen molar-refractivity contribution in [1.29, 1.82) is 0 Å². The highest BCUT2D eigenvalue weighted by Gasteiger charge is 1.96. The summed E-state index contributed by atoms with van der Waals surface area (Å²) in [6.07, 6.45) is 0.874. The van der Waals surface area contributed by atoms with Gasteiger partial charge in [-0.05, 0) is 31.6 Å². The molecule has 0 bridgehead atoms. The van der Waals surface area contributed by atoms with Crippen LogP contribution in [-0.2, 0) is 17.8 Å². The van der Waals surface area contributed by atoms with Gasteiger partial charge in [-0.3, -0.25) is 0 Å². The third-order valence-corrected chi connectivity index (χ3v) is 2.03. The highest BCUT2D eigenvalue weighted by Crippen LogP contribution is 2.06. The molecule has 3 heteroatoms. The van der Waals surface area contributed by atoms with E-state index >= 15 is 0 Å². The largest absolute Gasteiger partial charge is 0.305 e. The van der Waals surface area contributed by atoms with Crippen LogP contribution in [0.25, 0.3) is 0 Å². The Hall–Kier alpha value is -0.900. The molecule has 1 aromatic rings. The van der Waals surface area contributed by atoms with Crippen LogP contribution in [-0.4, -0.2) is 25.6 Å². The van der Waals surface area contributed by atoms with Crippen molar-refractivity contribution < 1.29 is 4.84 Å². The van der Waals surface area contributed by atoms with Crippen molar-refractivity contribution in [2.24, 2.45) is 5.90 Å². The van der Waals surface area contributed by atoms with Gasteiger partial charge in [-0.2, -0.15) is 0 Å². The van der Waals surface area contributed by atoms with E-state index in [1.807, 2.05) is 0 Å². The summed E-state index contributed by atoms with van der Waals surface area (Å²) in [6, 6.07) is 8.54. The van der Waals surface area contributed by atoms with Crippen molar-refractivity contribution in [3.05, 3.63) is 35.4 Å². The summed E-state index contributed by atoms with van der Waals surface area (Å²) in [7, 11) is 4.13. The molecule has 0 aliphatic heterocycles. The molecular formula is C11H18N2O. The Morgan fingerprint density at radius 1 is 1.14 bits per heavy atom. The average molecular weight is 194 g/mol. The van der Waals surface area contributed by atoms with E-state index in [1.54, 1.807) is 0 Å². The number of nitrogens with two attached hydrogens (primary N) is 1. The van der Waals surface area contributed by atoms with E-state index in [2.05, 4.69) is 48.1 Å². The summed E-state index contributed by atoms with van der Waals surface area (Å²) >= 11 is 0. The summed E-state index contributed by atoms with van der Waals surface area (Å²) in [6.45, 7) is 1.56. The first-order chi connectivity index (χ1) is 6.72. The summed E-state index contributed by atoms with van der Waals surface area (Å²) < 4.78 is 0. The Kier molecular flexibility index (Phi) is 4.59. The van der Waals surface area contributed by atoms with E-state index in [9.17, 15) is 0 Å². The molecule has 0 amide bonds. The van der Waals surface area contributed by atoms with Crippen LogP contribution in [0, 0.1) is 0 Å². The van der Waals surface area contributed by atoms with Crippen molar-refractivity contribution in [2.45, 2.75) is 13.0 Å². The van der Waals surface area contributed by atoms with Crippen molar-refractivity contribution in [3.63, 3.8) is 0 Å². The summed E-state index contributed by atoms with van der Waals surface area (Å²) in [5.41, 5.74) is 2.59. The molecule has 0 saturated heterocycles. The summed E-state index contributed by atoms with van der Waals surface area (Å²) in [4.78, 5) is 6.68. The van der Waals surface area contributed by atoms with Gasteiger partial charge in [0.2, 0.25) is 0 Å². The maximum Gasteiger partial charge on any atom is 0.0719 e. The fourth-order valence-corrected chi connectivity index (χ4v) is 1.35. The van der Waals surface area contributed by atoms with Crippen LogP contribution in [0.15, 0.2) is 24.3 Å². The minimum absolute atomic E-state index is 0.576. The van der Waals surface area contributed by atoms with Crippen molar-refractivity contribution in [2.75, 3.05) is 20.7 Å². The van der Waals surface area contributed by atoms with Gasteiger partial charge >= 0.3 is 0 Å². The van der Waals surface area contributed by atoms with Gasteiger partial charge in [-0.15, -0.1) is 0 Å². The lowest BCUT2D eigenvalue weighted by Gasteiger charge is -2.09. The van der Waals surface area contributed by atoms with E-state index in [0.717, 1.165) is 13.0 Å². The van der Waals surface area contributed by atoms with E-state index in [0.29, 0.717) is 6.61 Å². The van der Waals surface area contributed by atoms with Crippen LogP contribution < -0.4 is 5.90 Å². The highest BCUT2D eigenvalue weighted by molar-refractivity contribution is 5.22. The highest BCUT2D eigenvalue weighted by atomic mass is 16.6. The second-order valence-corrected chi connectivity index (χ2v) is 3.68. The molecule has 1 rings (SSSR count). The minimum atomic E-state index is 0.576. The zero-order valence-electron chi connectivity index (χ0n) is 8.86. The topological polar surface area (TPSA) is 38.5 Å². The van der Waals surface area contributed by atoms with E-state index < -0.39 is 0 Å². The lowest BCUT2D eigenvalue weighted by atomic mass is 10.1. The number of benzene rings is 1. The van der Waals surface area contributed by atoms with Crippen molar-refractivity contribution in [3.8, 4) is 0 Å². The second-order valence-electron chi connectivity index (χ2n) is 3.68. The van der Waals surface area contributed by atoms with E-state index in [4.69, 9.17) is 5.90 Å². The molecule has 78 valence electrons. The first kappa shape index (κ1) is 11.2. The molecular weight excluding hydrogens is 176 g/mol. The van der Waals surface area contributed by atoms with Gasteiger partial charge < -0.3 is 9.74 Å². The Balaban J connectivity index is 2.50. The van der Waals surface area contributed by atoms with Crippen LogP contribution in [0.4, 0.5) is 0 Å². The maximum absolute atomic E-state index is 4.97. The first-order valence-corrected chi connectivity index (χ1v) is 4.76. The van der Waals surface area contributed by atoms with E-state index in [1.165, 1.54) is 11.1 Å². The molecule has 0 fully saturated rings. The SMILES string of the molecule is CN(C)Cc1ccc(CCON)cc1. The van der Waals surface area contributed by atoms with Gasteiger partial charge in [-0.1, -0.05) is 24.3 Å². The predicted molar refractivity (Wildman–Crippen MR) is 57.7 cm³/mol. The van der Waals surface area contributed by atoms with Crippen LogP contribution in [0.2, 0.25) is 0 Å². The number of rotatable bonds is 5. The lowest BCUT2D eigenvalue weighted by molar-refractivity contribution is 0.141. The molecule has 14 heavy (non-hydrogen) atoms. The van der Waals surface area contributed by atoms with E-state index in [-0.39, 0.29) is 0 Å². The third-order valence-electron chi connectivity index (χ3n) is 2.03. The van der Waals surface area contributed by atoms with Crippen molar-refractivity contribution >= 4 is 0 Å². The zero-order chi connectivity index (χ0) is 10.4. The quantitative estimate of drug-likeness (QED) is 0.715. The molecule has 1 aromatic carbocycles. The third kappa shape index (κ3) is 3.87. The number of hydrogen-bond donors (Lipinski definition) is 1. The summed E-state index contributed by atoms with van der Waals surface area (Å²) in [5, 5.41) is 0. The number of hydrogen-bond acceptors (Lipinski definition) is 3. The molecule has 0 unspecified atom stereocenters. The molecule has 0 aliphatic rings. The number of nitrogens with zero attached hydrogens (tertiary/aromatic N) is 1. The molecule has 0 aliphatic carbocycles. The monoisotopic (exact) mass is 194 g/mol. The van der Waals surface area contributed by atoms with Crippen LogP contribution in [0.1, 0.15) is 11.1 Å². The van der Waals surface area contributed by atoms with Gasteiger partial charge in [0.25, 0.3) is 0 Å². The Bertz CT molecular complexity index is 256. The molecule has 2 N–H and O–H groups in total. The molecule has 0 radical (unpaired) electrons. The zero-order valence-corrected chi connectivity index (χ0v) is 8.86. The fraction of sp³-hybridized carbons (Fsp3) is 0.455. The molecule has 0 saturated carbocycles. The normalized spacial score (nSPS) is 10.9. The van der Waals surface area contributed by atoms with Gasteiger partial charge in [0.05, 0.1) is 6.61 Å². The molecule has 3 nitrogen and oxygen atoms in total. The molecule has 0 aromatic heterocycles. The standard InChI is InChI=1S/C11H18N2O/c1-13(2)9-11-5-3-10(4-6-11)7-8-14-12/h3-6H,7-9,12H2,1-2H3. The van der Waals surface area contributed by atoms with Crippen LogP contribution >= 0.6 is 0 Å². The molecule has 0 heterocycles. The lowest BCUT2D eigenvalue weighted by Crippen LogP contribution is -2.10. The molecule has 0 atom stereocenters. The van der Waals surface area contributed by atoms with Gasteiger partial charge in [-0.25, -0.2) is 5.90 Å². The predicted octanol–water partition coefficient (Wildman–Crippen LogP) is 1.18. The van der Waals surface area contributed by atoms with Crippen molar-refractivity contribution in [1.82, 2.24) is 4.90 Å². The minimum Gasteiger partial charge on any atom is -0.305 e. The molecule has 0 spiro atoms. The van der Waals surface area contributed by atoms with Crippen LogP contribution in [0.5, 0.6) is 0 Å². The van der Waals surface area contributed by atoms with Gasteiger partial charge in [0, 0.05) is 6.54 Å². The second kappa shape index (κ2) is 5.75. The summed E-state index contributed by atoms with van der Waals surface area (Å²) in [5.74, 6) is 4.97. The Morgan fingerprint density at radius 3 is 2.21 bits per heavy atom. The maximum atomic E-state index is 4.97. The van der Waals surface area contributed by atoms with Gasteiger partial charge in [0.15, 0.2) is 0 Å². The van der Waals surface area contributed by atoms with Gasteiger partial charge in [0.1, 0.15) is 0 Å². The van der Waals surface area contributed by atoms with Crippen LogP contribution in [0.3, 0.4) is 0 Å². The fourth-order valence-electron chi connectivity index (χ4n) is 1.35. The average Bonchev–Trinajstić information content (AvgIpc) is 2.16. The Labute approximate surface area is 85.4 Å². The Morgan fingerprint density at radius 2 is 1.71 bits per heavy atom.